The normalized spacial score (nSPS) is 40.2. The second-order valence-electron chi connectivity index (χ2n) is 14.7. The van der Waals surface area contributed by atoms with Gasteiger partial charge in [0.25, 0.3) is 0 Å². The number of amides is 1. The number of rotatable bonds is 11. The predicted molar refractivity (Wildman–Crippen MR) is 155 cm³/mol. The zero-order valence-corrected chi connectivity index (χ0v) is 25.1. The molecule has 0 spiro atoms. The lowest BCUT2D eigenvalue weighted by molar-refractivity contribution is -0.156. The molecule has 39 heavy (non-hydrogen) atoms. The Morgan fingerprint density at radius 2 is 1.56 bits per heavy atom. The summed E-state index contributed by atoms with van der Waals surface area (Å²) in [7, 11) is 0. The lowest BCUT2D eigenvalue weighted by atomic mass is 9.42. The summed E-state index contributed by atoms with van der Waals surface area (Å²) in [4.78, 5) is 26.7. The summed E-state index contributed by atoms with van der Waals surface area (Å²) in [5, 5.41) is 11.0. The number of carbonyl (C=O) groups excluding carboxylic acids is 2. The topological polar surface area (TPSA) is 66.8 Å². The summed E-state index contributed by atoms with van der Waals surface area (Å²) < 4.78 is 5.34. The maximum absolute atomic E-state index is 12.5. The van der Waals surface area contributed by atoms with Gasteiger partial charge in [0.05, 0.1) is 19.3 Å². The Kier molecular flexibility index (Phi) is 9.79. The minimum Gasteiger partial charge on any atom is -0.393 e. The van der Waals surface area contributed by atoms with Crippen molar-refractivity contribution < 1.29 is 19.4 Å². The Morgan fingerprint density at radius 3 is 2.31 bits per heavy atom. The fourth-order valence-electron chi connectivity index (χ4n) is 10.2. The maximum Gasteiger partial charge on any atom is 0.222 e. The zero-order valence-electron chi connectivity index (χ0n) is 25.1. The molecule has 3 unspecified atom stereocenters. The van der Waals surface area contributed by atoms with Gasteiger partial charge < -0.3 is 14.7 Å². The molecule has 222 valence electrons. The molecular formula is C34H57NO4. The van der Waals surface area contributed by atoms with Crippen molar-refractivity contribution in [1.29, 1.82) is 0 Å². The predicted octanol–water partition coefficient (Wildman–Crippen LogP) is 6.95. The van der Waals surface area contributed by atoms with Gasteiger partial charge in [0.1, 0.15) is 5.78 Å². The molecule has 5 fully saturated rings. The number of ether oxygens (including phenoxy) is 1. The van der Waals surface area contributed by atoms with E-state index in [2.05, 4.69) is 13.8 Å². The average Bonchev–Trinajstić information content (AvgIpc) is 3.24. The molecule has 1 saturated heterocycles. The van der Waals surface area contributed by atoms with Gasteiger partial charge in [-0.05, 0) is 85.4 Å². The van der Waals surface area contributed by atoms with E-state index < -0.39 is 0 Å². The van der Waals surface area contributed by atoms with Gasteiger partial charge in [-0.25, -0.2) is 0 Å². The molecule has 1 N–H and O–H groups in total. The highest BCUT2D eigenvalue weighted by atomic mass is 16.5. The second-order valence-corrected chi connectivity index (χ2v) is 14.7. The van der Waals surface area contributed by atoms with Crippen LogP contribution < -0.4 is 0 Å². The fraction of sp³-hybridized carbons (Fsp3) is 0.941. The van der Waals surface area contributed by atoms with Crippen molar-refractivity contribution >= 4 is 11.7 Å². The molecular weight excluding hydrogens is 486 g/mol. The molecule has 5 rings (SSSR count). The molecule has 4 saturated carbocycles. The van der Waals surface area contributed by atoms with E-state index in [4.69, 9.17) is 4.74 Å². The highest BCUT2D eigenvalue weighted by Crippen LogP contribution is 2.67. The Balaban J connectivity index is 1.04. The fourth-order valence-corrected chi connectivity index (χ4v) is 10.2. The van der Waals surface area contributed by atoms with E-state index in [0.29, 0.717) is 48.6 Å². The molecule has 0 aromatic rings. The van der Waals surface area contributed by atoms with E-state index in [1.165, 1.54) is 77.0 Å². The van der Waals surface area contributed by atoms with Crippen LogP contribution in [0.25, 0.3) is 0 Å². The third-order valence-electron chi connectivity index (χ3n) is 12.7. The van der Waals surface area contributed by atoms with Crippen molar-refractivity contribution in [1.82, 2.24) is 4.90 Å². The summed E-state index contributed by atoms with van der Waals surface area (Å²) >= 11 is 0. The molecule has 1 aliphatic heterocycles. The van der Waals surface area contributed by atoms with Crippen molar-refractivity contribution in [2.45, 2.75) is 136 Å². The number of unbranched alkanes of at least 4 members (excludes halogenated alkanes) is 7. The molecule has 5 heteroatoms. The maximum atomic E-state index is 12.5. The van der Waals surface area contributed by atoms with Gasteiger partial charge in [-0.1, -0.05) is 65.2 Å². The number of carbonyl (C=O) groups is 2. The first-order chi connectivity index (χ1) is 18.8. The van der Waals surface area contributed by atoms with Crippen LogP contribution in [-0.2, 0) is 14.3 Å². The number of aliphatic hydroxyl groups is 1. The van der Waals surface area contributed by atoms with E-state index in [9.17, 15) is 14.7 Å². The number of hydrogen-bond acceptors (Lipinski definition) is 4. The van der Waals surface area contributed by atoms with Gasteiger partial charge in [0, 0.05) is 32.4 Å². The summed E-state index contributed by atoms with van der Waals surface area (Å²) in [6, 6.07) is 0. The third kappa shape index (κ3) is 6.30. The summed E-state index contributed by atoms with van der Waals surface area (Å²) in [5.41, 5.74) is 0.469. The van der Waals surface area contributed by atoms with Crippen LogP contribution in [0.15, 0.2) is 0 Å². The van der Waals surface area contributed by atoms with Gasteiger partial charge in [-0.2, -0.15) is 0 Å². The zero-order chi connectivity index (χ0) is 27.5. The van der Waals surface area contributed by atoms with Crippen LogP contribution in [0.1, 0.15) is 129 Å². The Labute approximate surface area is 238 Å². The van der Waals surface area contributed by atoms with Crippen molar-refractivity contribution in [3.63, 3.8) is 0 Å². The number of aliphatic hydroxyl groups excluding tert-OH is 1. The molecule has 1 amide bonds. The molecule has 5 aliphatic rings. The standard InChI is InChI=1S/C34H57NO4/c1-33-17-15-27(36)24-26(33)23-25(32-28-13-14-30(37)34(28,2)18-16-29(32)33)11-9-7-5-3-4-6-8-10-12-31(38)35-19-21-39-22-20-35/h25-26,28-30,32,37H,3-24H2,1-2H3/t25?,26?,28-,29+,30?,32-,33-,34-/m0/s1. The van der Waals surface area contributed by atoms with E-state index in [-0.39, 0.29) is 11.5 Å². The minimum atomic E-state index is -0.111. The van der Waals surface area contributed by atoms with E-state index in [1.807, 2.05) is 4.90 Å². The Bertz CT molecular complexity index is 839. The molecule has 0 bridgehead atoms. The van der Waals surface area contributed by atoms with E-state index in [1.54, 1.807) is 0 Å². The summed E-state index contributed by atoms with van der Waals surface area (Å²) in [5.74, 6) is 4.36. The average molecular weight is 544 g/mol. The van der Waals surface area contributed by atoms with Crippen LogP contribution in [0.2, 0.25) is 0 Å². The van der Waals surface area contributed by atoms with Crippen LogP contribution in [0, 0.1) is 40.4 Å². The van der Waals surface area contributed by atoms with Gasteiger partial charge in [-0.3, -0.25) is 9.59 Å². The number of fused-ring (bicyclic) bond motifs is 5. The molecule has 0 radical (unpaired) electrons. The number of nitrogens with zero attached hydrogens (tertiary/aromatic N) is 1. The molecule has 1 heterocycles. The quantitative estimate of drug-likeness (QED) is 0.287. The lowest BCUT2D eigenvalue weighted by Gasteiger charge is -2.62. The SMILES string of the molecule is C[C@]12CCC(=O)CC1CC(CCCCCCCCCCC(=O)N1CCOCC1)[C@@H]1[C@H]2CC[C@]2(C)C(O)CC[C@@H]12. The third-order valence-corrected chi connectivity index (χ3v) is 12.7. The van der Waals surface area contributed by atoms with Crippen LogP contribution in [-0.4, -0.2) is 54.1 Å². The van der Waals surface area contributed by atoms with Gasteiger partial charge in [-0.15, -0.1) is 0 Å². The van der Waals surface area contributed by atoms with Crippen molar-refractivity contribution in [3.05, 3.63) is 0 Å². The highest BCUT2D eigenvalue weighted by Gasteiger charge is 2.62. The largest absolute Gasteiger partial charge is 0.393 e. The molecule has 0 aromatic heterocycles. The second kappa shape index (κ2) is 12.9. The van der Waals surface area contributed by atoms with Gasteiger partial charge in [0.15, 0.2) is 0 Å². The Hall–Kier alpha value is -0.940. The monoisotopic (exact) mass is 543 g/mol. The molecule has 8 atom stereocenters. The summed E-state index contributed by atoms with van der Waals surface area (Å²) in [6.07, 6.45) is 20.6. The van der Waals surface area contributed by atoms with Gasteiger partial charge >= 0.3 is 0 Å². The van der Waals surface area contributed by atoms with Crippen LogP contribution in [0.3, 0.4) is 0 Å². The number of hydrogen-bond donors (Lipinski definition) is 1. The number of Topliss-reactive ketones (excluding diaryl/α,β-unsaturated/α-hetero) is 1. The Morgan fingerprint density at radius 1 is 0.897 bits per heavy atom. The van der Waals surface area contributed by atoms with Crippen LogP contribution in [0.5, 0.6) is 0 Å². The van der Waals surface area contributed by atoms with Crippen LogP contribution >= 0.6 is 0 Å². The van der Waals surface area contributed by atoms with Crippen molar-refractivity contribution in [3.8, 4) is 0 Å². The van der Waals surface area contributed by atoms with Gasteiger partial charge in [0.2, 0.25) is 5.91 Å². The lowest BCUT2D eigenvalue weighted by Crippen LogP contribution is -2.57. The molecule has 0 aromatic carbocycles. The first kappa shape index (κ1) is 29.5. The van der Waals surface area contributed by atoms with Crippen molar-refractivity contribution in [2.24, 2.45) is 40.4 Å². The van der Waals surface area contributed by atoms with E-state index in [0.717, 1.165) is 62.9 Å². The smallest absolute Gasteiger partial charge is 0.222 e. The first-order valence-corrected chi connectivity index (χ1v) is 16.9. The van der Waals surface area contributed by atoms with Crippen LogP contribution in [0.4, 0.5) is 0 Å². The van der Waals surface area contributed by atoms with E-state index >= 15 is 0 Å². The molecule has 5 nitrogen and oxygen atoms in total. The highest BCUT2D eigenvalue weighted by molar-refractivity contribution is 5.79. The van der Waals surface area contributed by atoms with Crippen molar-refractivity contribution in [2.75, 3.05) is 26.3 Å². The first-order valence-electron chi connectivity index (χ1n) is 16.9. The summed E-state index contributed by atoms with van der Waals surface area (Å²) in [6.45, 7) is 7.86. The molecule has 4 aliphatic carbocycles. The number of morpholine rings is 1. The number of ketones is 1. The minimum absolute atomic E-state index is 0.111.